The average molecular weight is 249 g/mol. The third-order valence-corrected chi connectivity index (χ3v) is 2.93. The molecule has 0 aromatic carbocycles. The Balaban J connectivity index is 2.09. The van der Waals surface area contributed by atoms with Crippen molar-refractivity contribution in [1.82, 2.24) is 15.2 Å². The fourth-order valence-electron chi connectivity index (χ4n) is 1.18. The molecule has 0 saturated heterocycles. The first-order chi connectivity index (χ1) is 8.15. The van der Waals surface area contributed by atoms with E-state index in [1.54, 1.807) is 24.5 Å². The molecule has 17 heavy (non-hydrogen) atoms. The second kappa shape index (κ2) is 4.88. The second-order valence-electron chi connectivity index (χ2n) is 3.39. The second-order valence-corrected chi connectivity index (χ2v) is 4.71. The van der Waals surface area contributed by atoms with E-state index in [1.165, 1.54) is 4.88 Å². The van der Waals surface area contributed by atoms with Crippen LogP contribution in [0.15, 0.2) is 22.0 Å². The summed E-state index contributed by atoms with van der Waals surface area (Å²) in [5.74, 6) is 0.360. The van der Waals surface area contributed by atoms with Crippen LogP contribution in [-0.2, 0) is 0 Å². The van der Waals surface area contributed by atoms with Crippen molar-refractivity contribution >= 4 is 23.4 Å². The Morgan fingerprint density at radius 2 is 2.29 bits per heavy atom. The summed E-state index contributed by atoms with van der Waals surface area (Å²) in [5, 5.41) is 10.0. The highest BCUT2D eigenvalue weighted by Crippen LogP contribution is 2.12. The number of thiophene rings is 1. The van der Waals surface area contributed by atoms with Gasteiger partial charge >= 0.3 is 5.69 Å². The fraction of sp³-hybridized carbons (Fsp3) is 0.200. The van der Waals surface area contributed by atoms with E-state index in [-0.39, 0.29) is 0 Å². The molecule has 2 N–H and O–H groups in total. The van der Waals surface area contributed by atoms with Crippen molar-refractivity contribution in [3.63, 3.8) is 0 Å². The summed E-state index contributed by atoms with van der Waals surface area (Å²) in [6.45, 7) is 3.76. The molecule has 7 heteroatoms. The molecule has 2 heterocycles. The van der Waals surface area contributed by atoms with Crippen molar-refractivity contribution in [3.05, 3.63) is 38.1 Å². The zero-order chi connectivity index (χ0) is 12.3. The molecule has 0 aliphatic heterocycles. The van der Waals surface area contributed by atoms with Crippen molar-refractivity contribution in [2.75, 3.05) is 5.43 Å². The Kier molecular flexibility index (Phi) is 3.29. The summed E-state index contributed by atoms with van der Waals surface area (Å²) in [7, 11) is 0. The smallest absolute Gasteiger partial charge is 0.260 e. The van der Waals surface area contributed by atoms with Crippen LogP contribution in [0.3, 0.4) is 0 Å². The lowest BCUT2D eigenvalue weighted by Crippen LogP contribution is -2.15. The first-order valence-electron chi connectivity index (χ1n) is 4.94. The van der Waals surface area contributed by atoms with Crippen LogP contribution in [0.1, 0.15) is 15.4 Å². The van der Waals surface area contributed by atoms with E-state index in [9.17, 15) is 4.79 Å². The summed E-state index contributed by atoms with van der Waals surface area (Å²) in [6.07, 6.45) is 1.68. The molecule has 0 unspecified atom stereocenters. The number of aryl methyl sites for hydroxylation is 2. The van der Waals surface area contributed by atoms with Crippen molar-refractivity contribution in [2.24, 2.45) is 5.10 Å². The molecule has 0 saturated carbocycles. The molecule has 6 nitrogen and oxygen atoms in total. The van der Waals surface area contributed by atoms with E-state index >= 15 is 0 Å². The van der Waals surface area contributed by atoms with Gasteiger partial charge in [-0.1, -0.05) is 0 Å². The maximum absolute atomic E-state index is 11.0. The fourth-order valence-corrected chi connectivity index (χ4v) is 1.93. The number of anilines is 1. The van der Waals surface area contributed by atoms with Gasteiger partial charge in [0.05, 0.1) is 6.21 Å². The Labute approximate surface area is 101 Å². The number of H-pyrrole nitrogens is 1. The molecule has 0 fully saturated rings. The minimum Gasteiger partial charge on any atom is -0.260 e. The predicted molar refractivity (Wildman–Crippen MR) is 67.7 cm³/mol. The van der Waals surface area contributed by atoms with Crippen molar-refractivity contribution in [3.8, 4) is 0 Å². The van der Waals surface area contributed by atoms with Crippen LogP contribution in [0.2, 0.25) is 0 Å². The molecule has 2 rings (SSSR count). The number of aromatic nitrogens is 3. The third-order valence-electron chi connectivity index (χ3n) is 2.00. The van der Waals surface area contributed by atoms with Crippen LogP contribution in [0.25, 0.3) is 0 Å². The van der Waals surface area contributed by atoms with Gasteiger partial charge < -0.3 is 0 Å². The molecule has 0 aliphatic rings. The zero-order valence-electron chi connectivity index (χ0n) is 9.39. The molecular weight excluding hydrogens is 238 g/mol. The van der Waals surface area contributed by atoms with Crippen LogP contribution in [0.5, 0.6) is 0 Å². The summed E-state index contributed by atoms with van der Waals surface area (Å²) in [6, 6.07) is 3.99. The summed E-state index contributed by atoms with van der Waals surface area (Å²) in [4.78, 5) is 16.9. The number of hydrogen-bond acceptors (Lipinski definition) is 6. The Hall–Kier alpha value is -2.02. The van der Waals surface area contributed by atoms with Crippen molar-refractivity contribution in [1.29, 1.82) is 0 Å². The van der Waals surface area contributed by atoms with E-state index in [0.717, 1.165) is 4.88 Å². The zero-order valence-corrected chi connectivity index (χ0v) is 10.2. The van der Waals surface area contributed by atoms with E-state index in [2.05, 4.69) is 25.7 Å². The normalized spacial score (nSPS) is 10.9. The third kappa shape index (κ3) is 2.97. The highest BCUT2D eigenvalue weighted by Gasteiger charge is 2.00. The van der Waals surface area contributed by atoms with Crippen LogP contribution < -0.4 is 11.1 Å². The Morgan fingerprint density at radius 3 is 3.00 bits per heavy atom. The number of rotatable bonds is 3. The van der Waals surface area contributed by atoms with Gasteiger partial charge in [0, 0.05) is 9.75 Å². The van der Waals surface area contributed by atoms with Gasteiger partial charge in [0.25, 0.3) is 0 Å². The van der Waals surface area contributed by atoms with E-state index in [0.29, 0.717) is 11.5 Å². The van der Waals surface area contributed by atoms with Gasteiger partial charge in [-0.2, -0.15) is 15.2 Å². The van der Waals surface area contributed by atoms with E-state index in [1.807, 2.05) is 19.1 Å². The lowest BCUT2D eigenvalue weighted by Gasteiger charge is -1.99. The van der Waals surface area contributed by atoms with Crippen LogP contribution >= 0.6 is 11.3 Å². The molecule has 2 aromatic rings. The number of hydrazone groups is 1. The first kappa shape index (κ1) is 11.5. The maximum atomic E-state index is 11.0. The van der Waals surface area contributed by atoms with Gasteiger partial charge in [-0.05, 0) is 26.0 Å². The monoisotopic (exact) mass is 249 g/mol. The highest BCUT2D eigenvalue weighted by atomic mass is 32.1. The van der Waals surface area contributed by atoms with Gasteiger partial charge in [0.15, 0.2) is 5.82 Å². The summed E-state index contributed by atoms with van der Waals surface area (Å²) >= 11 is 1.64. The van der Waals surface area contributed by atoms with Gasteiger partial charge in [-0.25, -0.2) is 9.89 Å². The maximum Gasteiger partial charge on any atom is 0.363 e. The van der Waals surface area contributed by atoms with Gasteiger partial charge in [0.1, 0.15) is 5.69 Å². The molecule has 0 aliphatic carbocycles. The molecular formula is C10H11N5OS. The van der Waals surface area contributed by atoms with Crippen LogP contribution in [0.4, 0.5) is 5.82 Å². The molecule has 0 amide bonds. The van der Waals surface area contributed by atoms with E-state index in [4.69, 9.17) is 0 Å². The Morgan fingerprint density at radius 1 is 1.47 bits per heavy atom. The molecule has 88 valence electrons. The van der Waals surface area contributed by atoms with Crippen molar-refractivity contribution in [2.45, 2.75) is 13.8 Å². The summed E-state index contributed by atoms with van der Waals surface area (Å²) in [5.41, 5.74) is 2.78. The van der Waals surface area contributed by atoms with Crippen LogP contribution in [-0.4, -0.2) is 21.4 Å². The Bertz CT molecular complexity index is 601. The minimum atomic E-state index is -0.500. The van der Waals surface area contributed by atoms with Crippen molar-refractivity contribution < 1.29 is 0 Å². The van der Waals surface area contributed by atoms with Crippen LogP contribution in [0, 0.1) is 13.8 Å². The van der Waals surface area contributed by atoms with E-state index < -0.39 is 5.69 Å². The molecule has 0 radical (unpaired) electrons. The minimum absolute atomic E-state index is 0.360. The quantitative estimate of drug-likeness (QED) is 0.634. The molecule has 0 atom stereocenters. The summed E-state index contributed by atoms with van der Waals surface area (Å²) < 4.78 is 0. The molecule has 0 bridgehead atoms. The predicted octanol–water partition coefficient (Wildman–Crippen LogP) is 1.29. The highest BCUT2D eigenvalue weighted by molar-refractivity contribution is 7.13. The number of nitrogens with zero attached hydrogens (tertiary/aromatic N) is 3. The SMILES string of the molecule is Cc1ccc(/C=N/Nc2nc(=O)[nH]nc2C)s1. The standard InChI is InChI=1S/C10H11N5OS/c1-6-3-4-8(17-6)5-11-14-9-7(2)13-15-10(16)12-9/h3-5H,1-2H3,(H2,12,14,15,16)/b11-5+. The molecule has 2 aromatic heterocycles. The van der Waals surface area contributed by atoms with Gasteiger partial charge in [-0.15, -0.1) is 11.3 Å². The number of aromatic amines is 1. The largest absolute Gasteiger partial charge is 0.363 e. The van der Waals surface area contributed by atoms with Gasteiger partial charge in [0.2, 0.25) is 0 Å². The lowest BCUT2D eigenvalue weighted by atomic mass is 10.4. The first-order valence-corrected chi connectivity index (χ1v) is 5.75. The molecule has 0 spiro atoms. The number of hydrogen-bond donors (Lipinski definition) is 2. The topological polar surface area (TPSA) is 83.0 Å². The van der Waals surface area contributed by atoms with Gasteiger partial charge in [-0.3, -0.25) is 5.43 Å². The lowest BCUT2D eigenvalue weighted by molar-refractivity contribution is 0.879. The average Bonchev–Trinajstić information content (AvgIpc) is 2.69. The number of nitrogens with one attached hydrogen (secondary N) is 2.